The van der Waals surface area contributed by atoms with Crippen molar-refractivity contribution in [2.75, 3.05) is 26.2 Å². The Hall–Kier alpha value is -3.73. The van der Waals surface area contributed by atoms with Crippen molar-refractivity contribution in [3.8, 4) is 5.75 Å². The molecule has 3 heterocycles. The van der Waals surface area contributed by atoms with Gasteiger partial charge in [0.25, 0.3) is 0 Å². The lowest BCUT2D eigenvalue weighted by atomic mass is 9.94. The second-order valence-corrected chi connectivity index (χ2v) is 13.7. The van der Waals surface area contributed by atoms with E-state index in [0.29, 0.717) is 32.5 Å². The summed E-state index contributed by atoms with van der Waals surface area (Å²) in [5.41, 5.74) is 2.36. The zero-order chi connectivity index (χ0) is 32.1. The van der Waals surface area contributed by atoms with E-state index in [-0.39, 0.29) is 30.8 Å². The minimum atomic E-state index is -1.21. The van der Waals surface area contributed by atoms with Crippen molar-refractivity contribution < 1.29 is 23.9 Å². The number of rotatable bonds is 4. The predicted octanol–water partition coefficient (Wildman–Crippen LogP) is 3.22. The summed E-state index contributed by atoms with van der Waals surface area (Å²) in [5.74, 6) is -0.248. The summed E-state index contributed by atoms with van der Waals surface area (Å²) in [6.45, 7) is 7.78. The Morgan fingerprint density at radius 2 is 1.80 bits per heavy atom. The molecule has 3 aliphatic heterocycles. The van der Waals surface area contributed by atoms with Crippen LogP contribution in [0.4, 0.5) is 4.79 Å². The molecule has 45 heavy (non-hydrogen) atoms. The van der Waals surface area contributed by atoms with Crippen molar-refractivity contribution in [1.29, 1.82) is 0 Å². The first-order valence-corrected chi connectivity index (χ1v) is 16.4. The normalized spacial score (nSPS) is 26.2. The zero-order valence-corrected chi connectivity index (χ0v) is 27.3. The Labute approximate surface area is 271 Å². The van der Waals surface area contributed by atoms with Gasteiger partial charge in [-0.05, 0) is 87.6 Å². The molecule has 0 spiro atoms. The summed E-state index contributed by atoms with van der Waals surface area (Å²) < 4.78 is 6.11. The number of fused-ring (bicyclic) bond motifs is 4. The van der Waals surface area contributed by atoms with Gasteiger partial charge in [-0.25, -0.2) is 4.79 Å². The van der Waals surface area contributed by atoms with Crippen LogP contribution in [0.2, 0.25) is 0 Å². The van der Waals surface area contributed by atoms with Crippen molar-refractivity contribution >= 4 is 36.4 Å². The van der Waals surface area contributed by atoms with Gasteiger partial charge in [0.1, 0.15) is 23.1 Å². The number of nitrogens with one attached hydrogen (secondary N) is 3. The fourth-order valence-electron chi connectivity index (χ4n) is 6.46. The van der Waals surface area contributed by atoms with Crippen LogP contribution in [-0.4, -0.2) is 82.7 Å². The minimum absolute atomic E-state index is 0.213. The Morgan fingerprint density at radius 1 is 1.02 bits per heavy atom. The summed E-state index contributed by atoms with van der Waals surface area (Å²) in [4.78, 5) is 58.2. The number of carbonyl (C=O) groups excluding carboxylic acids is 4. The number of hydrogen-bond acceptors (Lipinski definition) is 6. The van der Waals surface area contributed by atoms with Crippen LogP contribution in [0, 0.1) is 12.8 Å². The standard InChI is InChI=1S/C34H45N5O5S/c1-22-11-13-26-18-25(22)19-35-30(40)27(14-12-23-8-5-4-6-9-23)36-31(41)28(39-21-34(2,3)37-33(39)43)29(45)32(42)38-16-7-10-24(20-38)15-17-44-26/h4-6,8-9,11,13,18,24,27-29,45H,7,10,12,14-17,19-21H2,1-3H3,(H,35,40)(H,36,41)(H,37,43)/t24?,27-,28-,29?/m0/s1. The van der Waals surface area contributed by atoms with Crippen LogP contribution in [0.1, 0.15) is 56.2 Å². The van der Waals surface area contributed by atoms with Crippen molar-refractivity contribution in [3.63, 3.8) is 0 Å². The second kappa shape index (κ2) is 14.1. The van der Waals surface area contributed by atoms with Crippen LogP contribution in [0.5, 0.6) is 5.75 Å². The lowest BCUT2D eigenvalue weighted by Gasteiger charge is -2.37. The number of thiol groups is 1. The first-order valence-electron chi connectivity index (χ1n) is 15.9. The highest BCUT2D eigenvalue weighted by Gasteiger charge is 2.47. The highest BCUT2D eigenvalue weighted by molar-refractivity contribution is 7.82. The third-order valence-electron chi connectivity index (χ3n) is 9.02. The number of aryl methyl sites for hydroxylation is 2. The molecule has 2 aromatic carbocycles. The molecule has 0 aromatic heterocycles. The molecule has 4 bridgehead atoms. The van der Waals surface area contributed by atoms with Crippen LogP contribution < -0.4 is 20.7 Å². The third kappa shape index (κ3) is 8.11. The topological polar surface area (TPSA) is 120 Å². The molecule has 3 aliphatic rings. The summed E-state index contributed by atoms with van der Waals surface area (Å²) in [5, 5.41) is 7.72. The van der Waals surface area contributed by atoms with Crippen molar-refractivity contribution in [1.82, 2.24) is 25.8 Å². The SMILES string of the molecule is Cc1ccc2cc1CNC(=O)[C@H](CCc1ccccc1)NC(=O)[C@@H](N1CC(C)(C)NC1=O)C(S)C(=O)N1CCCC(CCO2)C1. The van der Waals surface area contributed by atoms with Gasteiger partial charge in [0.15, 0.2) is 0 Å². The predicted molar refractivity (Wildman–Crippen MR) is 175 cm³/mol. The van der Waals surface area contributed by atoms with Crippen LogP contribution in [-0.2, 0) is 27.3 Å². The van der Waals surface area contributed by atoms with Gasteiger partial charge in [-0.1, -0.05) is 36.4 Å². The molecular weight excluding hydrogens is 590 g/mol. The number of urea groups is 1. The lowest BCUT2D eigenvalue weighted by Crippen LogP contribution is -2.60. The zero-order valence-electron chi connectivity index (χ0n) is 26.4. The molecule has 0 aliphatic carbocycles. The number of hydrogen-bond donors (Lipinski definition) is 4. The highest BCUT2D eigenvalue weighted by Crippen LogP contribution is 2.27. The summed E-state index contributed by atoms with van der Waals surface area (Å²) >= 11 is 4.72. The number of benzene rings is 2. The Kier molecular flexibility index (Phi) is 10.3. The average molecular weight is 636 g/mol. The van der Waals surface area contributed by atoms with Crippen molar-refractivity contribution in [2.24, 2.45) is 5.92 Å². The van der Waals surface area contributed by atoms with E-state index in [1.165, 1.54) is 4.90 Å². The fourth-order valence-corrected chi connectivity index (χ4v) is 6.92. The molecule has 4 atom stereocenters. The van der Waals surface area contributed by atoms with E-state index in [1.807, 2.05) is 69.3 Å². The second-order valence-electron chi connectivity index (χ2n) is 13.2. The monoisotopic (exact) mass is 635 g/mol. The number of piperidine rings is 1. The third-order valence-corrected chi connectivity index (χ3v) is 9.53. The van der Waals surface area contributed by atoms with Crippen LogP contribution in [0.3, 0.4) is 0 Å². The molecule has 10 nitrogen and oxygen atoms in total. The molecule has 3 N–H and O–H groups in total. The average Bonchev–Trinajstić information content (AvgIpc) is 3.30. The molecule has 0 radical (unpaired) electrons. The lowest BCUT2D eigenvalue weighted by molar-refractivity contribution is -0.138. The van der Waals surface area contributed by atoms with E-state index in [0.717, 1.165) is 41.7 Å². The Balaban J connectivity index is 1.47. The van der Waals surface area contributed by atoms with Gasteiger partial charge >= 0.3 is 6.03 Å². The maximum absolute atomic E-state index is 14.2. The molecule has 2 fully saturated rings. The Morgan fingerprint density at radius 3 is 2.53 bits per heavy atom. The maximum atomic E-state index is 14.2. The quantitative estimate of drug-likeness (QED) is 0.385. The smallest absolute Gasteiger partial charge is 0.318 e. The first-order chi connectivity index (χ1) is 21.5. The van der Waals surface area contributed by atoms with Gasteiger partial charge in [0.2, 0.25) is 17.7 Å². The molecule has 0 saturated carbocycles. The van der Waals surface area contributed by atoms with E-state index >= 15 is 0 Å². The molecule has 11 heteroatoms. The minimum Gasteiger partial charge on any atom is -0.494 e. The molecular formula is C34H45N5O5S. The fraction of sp³-hybridized carbons (Fsp3) is 0.529. The van der Waals surface area contributed by atoms with Crippen molar-refractivity contribution in [3.05, 3.63) is 65.2 Å². The van der Waals surface area contributed by atoms with Crippen molar-refractivity contribution in [2.45, 2.75) is 82.3 Å². The van der Waals surface area contributed by atoms with Gasteiger partial charge in [-0.3, -0.25) is 14.4 Å². The maximum Gasteiger partial charge on any atom is 0.318 e. The number of carbonyl (C=O) groups is 4. The van der Waals surface area contributed by atoms with E-state index in [1.54, 1.807) is 4.90 Å². The van der Waals surface area contributed by atoms with Gasteiger partial charge in [0, 0.05) is 26.2 Å². The highest BCUT2D eigenvalue weighted by atomic mass is 32.1. The van der Waals surface area contributed by atoms with Crippen LogP contribution in [0.15, 0.2) is 48.5 Å². The number of ether oxygens (including phenoxy) is 1. The summed E-state index contributed by atoms with van der Waals surface area (Å²) in [6.07, 6.45) is 3.46. The molecule has 5 rings (SSSR count). The van der Waals surface area contributed by atoms with E-state index in [4.69, 9.17) is 17.4 Å². The van der Waals surface area contributed by atoms with Gasteiger partial charge in [0.05, 0.1) is 12.1 Å². The molecule has 242 valence electrons. The molecule has 5 amide bonds. The van der Waals surface area contributed by atoms with E-state index in [9.17, 15) is 19.2 Å². The Bertz CT molecular complexity index is 1400. The first kappa shape index (κ1) is 32.7. The van der Waals surface area contributed by atoms with Crippen LogP contribution in [0.25, 0.3) is 0 Å². The largest absolute Gasteiger partial charge is 0.494 e. The number of nitrogens with zero attached hydrogens (tertiary/aromatic N) is 2. The van der Waals surface area contributed by atoms with E-state index in [2.05, 4.69) is 16.0 Å². The van der Waals surface area contributed by atoms with Gasteiger partial charge in [-0.15, -0.1) is 0 Å². The molecule has 2 aromatic rings. The van der Waals surface area contributed by atoms with Gasteiger partial charge in [-0.2, -0.15) is 12.6 Å². The van der Waals surface area contributed by atoms with Gasteiger partial charge < -0.3 is 30.5 Å². The summed E-state index contributed by atoms with van der Waals surface area (Å²) in [7, 11) is 0. The number of amides is 5. The molecule has 2 saturated heterocycles. The molecule has 2 unspecified atom stereocenters. The summed E-state index contributed by atoms with van der Waals surface area (Å²) in [6, 6.07) is 13.0. The van der Waals surface area contributed by atoms with E-state index < -0.39 is 34.8 Å². The van der Waals surface area contributed by atoms with Crippen LogP contribution >= 0.6 is 12.6 Å².